The van der Waals surface area contributed by atoms with Crippen molar-refractivity contribution >= 4 is 54.0 Å². The molecule has 3 aromatic carbocycles. The van der Waals surface area contributed by atoms with Gasteiger partial charge in [0.15, 0.2) is 5.13 Å². The molecule has 0 bridgehead atoms. The Labute approximate surface area is 291 Å². The first-order chi connectivity index (χ1) is 23.4. The zero-order chi connectivity index (χ0) is 34.8. The van der Waals surface area contributed by atoms with Crippen molar-refractivity contribution in [3.63, 3.8) is 0 Å². The van der Waals surface area contributed by atoms with E-state index in [1.54, 1.807) is 29.6 Å². The molecule has 6 rings (SSSR count). The number of piperidine rings is 2. The number of amides is 2. The lowest BCUT2D eigenvalue weighted by Gasteiger charge is -2.30. The molecule has 0 saturated carbocycles. The van der Waals surface area contributed by atoms with E-state index < -0.39 is 26.0 Å². The molecule has 1 aromatic heterocycles. The molecular weight excluding hydrogens is 683 g/mol. The Balaban J connectivity index is 1.04. The van der Waals surface area contributed by atoms with E-state index in [4.69, 9.17) is 0 Å². The maximum Gasteiger partial charge on any atom is 0.257 e. The van der Waals surface area contributed by atoms with Crippen molar-refractivity contribution in [3.05, 3.63) is 89.3 Å². The van der Waals surface area contributed by atoms with Crippen LogP contribution >= 0.6 is 11.3 Å². The summed E-state index contributed by atoms with van der Waals surface area (Å²) in [5.41, 5.74) is 2.61. The number of hydrogen-bond acceptors (Lipinski definition) is 8. The molecule has 3 heterocycles. The molecule has 0 aliphatic carbocycles. The second kappa shape index (κ2) is 14.5. The molecule has 2 amide bonds. The standard InChI is InChI=1S/C35H39N5O6S3/c1-24-5-3-19-39(21-24)48(43,44)30-15-9-27(10-16-30)33(41)36-29-13-7-26(8-14-29)32-23-47-35(37-32)38-34(42)28-11-17-31(18-12-28)49(45,46)40-20-4-6-25(2)22-40/h7-18,23-25H,3-6,19-22H2,1-2H3,(H,36,41)(H,37,38,42). The van der Waals surface area contributed by atoms with Gasteiger partial charge in [-0.3, -0.25) is 14.9 Å². The molecule has 2 fully saturated rings. The van der Waals surface area contributed by atoms with Crippen LogP contribution < -0.4 is 10.6 Å². The number of thiazole rings is 1. The highest BCUT2D eigenvalue weighted by molar-refractivity contribution is 7.89. The summed E-state index contributed by atoms with van der Waals surface area (Å²) in [5.74, 6) is -0.138. The number of rotatable bonds is 9. The van der Waals surface area contributed by atoms with E-state index in [0.717, 1.165) is 31.2 Å². The summed E-state index contributed by atoms with van der Waals surface area (Å²) in [7, 11) is -7.22. The summed E-state index contributed by atoms with van der Waals surface area (Å²) in [6.45, 7) is 6.10. The highest BCUT2D eigenvalue weighted by Crippen LogP contribution is 2.28. The SMILES string of the molecule is CC1CCCN(S(=O)(=O)c2ccc(C(=O)Nc3ccc(-c4csc(NC(=O)c5ccc(S(=O)(=O)N6CCCC(C)C6)cc5)n4)cc3)cc2)C1. The van der Waals surface area contributed by atoms with Gasteiger partial charge in [0, 0.05) is 53.9 Å². The topological polar surface area (TPSA) is 146 Å². The van der Waals surface area contributed by atoms with Crippen LogP contribution in [0.15, 0.2) is 88.0 Å². The highest BCUT2D eigenvalue weighted by atomic mass is 32.2. The molecule has 4 aromatic rings. The minimum Gasteiger partial charge on any atom is -0.322 e. The van der Waals surface area contributed by atoms with E-state index in [9.17, 15) is 26.4 Å². The molecule has 11 nitrogen and oxygen atoms in total. The predicted octanol–water partition coefficient (Wildman–Crippen LogP) is 6.16. The molecule has 2 atom stereocenters. The van der Waals surface area contributed by atoms with Gasteiger partial charge in [-0.2, -0.15) is 8.61 Å². The first-order valence-corrected chi connectivity index (χ1v) is 20.1. The van der Waals surface area contributed by atoms with Crippen LogP contribution in [0.25, 0.3) is 11.3 Å². The van der Waals surface area contributed by atoms with Gasteiger partial charge in [0.25, 0.3) is 11.8 Å². The smallest absolute Gasteiger partial charge is 0.257 e. The van der Waals surface area contributed by atoms with E-state index in [0.29, 0.717) is 65.7 Å². The van der Waals surface area contributed by atoms with Gasteiger partial charge < -0.3 is 5.32 Å². The van der Waals surface area contributed by atoms with Gasteiger partial charge >= 0.3 is 0 Å². The molecule has 258 valence electrons. The summed E-state index contributed by atoms with van der Waals surface area (Å²) in [6, 6.07) is 19.0. The van der Waals surface area contributed by atoms with Crippen LogP contribution in [-0.2, 0) is 20.0 Å². The van der Waals surface area contributed by atoms with E-state index in [2.05, 4.69) is 15.6 Å². The molecule has 2 saturated heterocycles. The average molecular weight is 722 g/mol. The Kier molecular flexibility index (Phi) is 10.3. The lowest BCUT2D eigenvalue weighted by molar-refractivity contribution is 0.101. The first-order valence-electron chi connectivity index (χ1n) is 16.3. The maximum absolute atomic E-state index is 13.1. The van der Waals surface area contributed by atoms with Gasteiger partial charge in [0.1, 0.15) is 0 Å². The summed E-state index contributed by atoms with van der Waals surface area (Å²) in [6.07, 6.45) is 3.70. The Morgan fingerprint density at radius 3 is 1.63 bits per heavy atom. The van der Waals surface area contributed by atoms with Crippen molar-refractivity contribution in [2.24, 2.45) is 11.8 Å². The van der Waals surface area contributed by atoms with Crippen LogP contribution in [0.5, 0.6) is 0 Å². The van der Waals surface area contributed by atoms with Crippen LogP contribution in [0.2, 0.25) is 0 Å². The molecular formula is C35H39N5O6S3. The van der Waals surface area contributed by atoms with Crippen molar-refractivity contribution < 1.29 is 26.4 Å². The summed E-state index contributed by atoms with van der Waals surface area (Å²) in [4.78, 5) is 30.7. The number of carbonyl (C=O) groups is 2. The van der Waals surface area contributed by atoms with Crippen molar-refractivity contribution in [1.29, 1.82) is 0 Å². The molecule has 2 aliphatic heterocycles. The Hall–Kier alpha value is -3.95. The fourth-order valence-electron chi connectivity index (χ4n) is 6.14. The van der Waals surface area contributed by atoms with E-state index >= 15 is 0 Å². The van der Waals surface area contributed by atoms with Crippen LogP contribution in [0.1, 0.15) is 60.2 Å². The van der Waals surface area contributed by atoms with Crippen molar-refractivity contribution in [2.45, 2.75) is 49.3 Å². The van der Waals surface area contributed by atoms with Crippen LogP contribution in [0.4, 0.5) is 10.8 Å². The number of sulfonamides is 2. The first kappa shape index (κ1) is 34.9. The Bertz CT molecular complexity index is 2030. The van der Waals surface area contributed by atoms with Crippen molar-refractivity contribution in [2.75, 3.05) is 36.8 Å². The minimum atomic E-state index is -3.61. The van der Waals surface area contributed by atoms with Gasteiger partial charge in [-0.15, -0.1) is 11.3 Å². The van der Waals surface area contributed by atoms with E-state index in [-0.39, 0.29) is 15.7 Å². The molecule has 0 spiro atoms. The number of aromatic nitrogens is 1. The number of nitrogens with one attached hydrogen (secondary N) is 2. The van der Waals surface area contributed by atoms with E-state index in [1.165, 1.54) is 68.5 Å². The fourth-order valence-corrected chi connectivity index (χ4v) is 10.1. The van der Waals surface area contributed by atoms with Crippen LogP contribution in [0.3, 0.4) is 0 Å². The lowest BCUT2D eigenvalue weighted by atomic mass is 10.0. The van der Waals surface area contributed by atoms with Crippen molar-refractivity contribution in [1.82, 2.24) is 13.6 Å². The summed E-state index contributed by atoms with van der Waals surface area (Å²) in [5, 5.41) is 7.80. The second-order valence-electron chi connectivity index (χ2n) is 12.8. The average Bonchev–Trinajstić information content (AvgIpc) is 3.57. The highest BCUT2D eigenvalue weighted by Gasteiger charge is 2.30. The van der Waals surface area contributed by atoms with Crippen LogP contribution in [-0.4, -0.2) is 68.4 Å². The normalized spacial score (nSPS) is 19.3. The van der Waals surface area contributed by atoms with E-state index in [1.807, 2.05) is 13.8 Å². The maximum atomic E-state index is 13.1. The quantitative estimate of drug-likeness (QED) is 0.211. The molecule has 2 unspecified atom stereocenters. The Morgan fingerprint density at radius 1 is 0.694 bits per heavy atom. The van der Waals surface area contributed by atoms with Crippen molar-refractivity contribution in [3.8, 4) is 11.3 Å². The Morgan fingerprint density at radius 2 is 1.16 bits per heavy atom. The zero-order valence-electron chi connectivity index (χ0n) is 27.3. The number of carbonyl (C=O) groups excluding carboxylic acids is 2. The zero-order valence-corrected chi connectivity index (χ0v) is 29.8. The van der Waals surface area contributed by atoms with Gasteiger partial charge in [0.05, 0.1) is 15.5 Å². The predicted molar refractivity (Wildman–Crippen MR) is 191 cm³/mol. The van der Waals surface area contributed by atoms with Gasteiger partial charge in [-0.05, 0) is 98.2 Å². The molecule has 14 heteroatoms. The second-order valence-corrected chi connectivity index (χ2v) is 17.5. The number of nitrogens with zero attached hydrogens (tertiary/aromatic N) is 3. The third kappa shape index (κ3) is 7.94. The number of anilines is 2. The fraction of sp³-hybridized carbons (Fsp3) is 0.343. The number of benzene rings is 3. The summed E-state index contributed by atoms with van der Waals surface area (Å²) < 4.78 is 55.2. The van der Waals surface area contributed by atoms with Crippen LogP contribution in [0, 0.1) is 11.8 Å². The van der Waals surface area contributed by atoms with Gasteiger partial charge in [0.2, 0.25) is 20.0 Å². The molecule has 2 N–H and O–H groups in total. The number of hydrogen-bond donors (Lipinski definition) is 2. The molecule has 0 radical (unpaired) electrons. The monoisotopic (exact) mass is 721 g/mol. The molecule has 2 aliphatic rings. The molecule has 49 heavy (non-hydrogen) atoms. The third-order valence-electron chi connectivity index (χ3n) is 8.91. The summed E-state index contributed by atoms with van der Waals surface area (Å²) >= 11 is 1.26. The van der Waals surface area contributed by atoms with Gasteiger partial charge in [-0.25, -0.2) is 21.8 Å². The third-order valence-corrected chi connectivity index (χ3v) is 13.4. The largest absolute Gasteiger partial charge is 0.322 e. The minimum absolute atomic E-state index is 0.167. The lowest BCUT2D eigenvalue weighted by Crippen LogP contribution is -2.39. The van der Waals surface area contributed by atoms with Gasteiger partial charge in [-0.1, -0.05) is 26.0 Å².